The van der Waals surface area contributed by atoms with Gasteiger partial charge in [0.05, 0.1) is 5.52 Å². The highest BCUT2D eigenvalue weighted by Crippen LogP contribution is 2.49. The summed E-state index contributed by atoms with van der Waals surface area (Å²) in [5, 5.41) is 15.1. The summed E-state index contributed by atoms with van der Waals surface area (Å²) in [5.74, 6) is -0.182. The van der Waals surface area contributed by atoms with E-state index in [1.165, 1.54) is 6.92 Å². The van der Waals surface area contributed by atoms with Crippen LogP contribution in [0.25, 0.3) is 10.9 Å². The molecule has 2 atom stereocenters. The van der Waals surface area contributed by atoms with E-state index in [0.717, 1.165) is 22.2 Å². The second kappa shape index (κ2) is 4.70. The molecule has 5 heteroatoms. The summed E-state index contributed by atoms with van der Waals surface area (Å²) in [6, 6.07) is 7.94. The highest BCUT2D eigenvalue weighted by atomic mass is 16.3. The fraction of sp³-hybridized carbons (Fsp3) is 0.300. The predicted molar refractivity (Wildman–Crippen MR) is 93.0 cm³/mol. The van der Waals surface area contributed by atoms with Crippen LogP contribution in [-0.4, -0.2) is 27.9 Å². The number of para-hydroxylation sites is 1. The Morgan fingerprint density at radius 1 is 1.32 bits per heavy atom. The molecule has 3 aliphatic rings. The Hall–Kier alpha value is -2.66. The summed E-state index contributed by atoms with van der Waals surface area (Å²) in [6.45, 7) is 2.06. The van der Waals surface area contributed by atoms with Crippen molar-refractivity contribution in [3.05, 3.63) is 58.8 Å². The Balaban J connectivity index is 1.95. The lowest BCUT2D eigenvalue weighted by atomic mass is 9.71. The van der Waals surface area contributed by atoms with Gasteiger partial charge in [0.1, 0.15) is 5.41 Å². The molecule has 1 amide bonds. The van der Waals surface area contributed by atoms with Gasteiger partial charge in [0.15, 0.2) is 12.0 Å². The Bertz CT molecular complexity index is 1030. The molecule has 2 bridgehead atoms. The van der Waals surface area contributed by atoms with Crippen molar-refractivity contribution in [3.63, 3.8) is 0 Å². The Labute approximate surface area is 144 Å². The van der Waals surface area contributed by atoms with Crippen molar-refractivity contribution in [3.8, 4) is 0 Å². The SMILES string of the molecule is CC(=O)C1=C[C@@]23C=C(C1)[C@H](O)n1c2c(c2ccccc21)CCNC3=O. The molecule has 0 saturated heterocycles. The van der Waals surface area contributed by atoms with Gasteiger partial charge in [-0.05, 0) is 36.1 Å². The Morgan fingerprint density at radius 2 is 2.12 bits per heavy atom. The van der Waals surface area contributed by atoms with E-state index in [-0.39, 0.29) is 11.7 Å². The van der Waals surface area contributed by atoms with Crippen molar-refractivity contribution in [1.29, 1.82) is 0 Å². The van der Waals surface area contributed by atoms with Crippen LogP contribution in [0.1, 0.15) is 30.8 Å². The number of amides is 1. The van der Waals surface area contributed by atoms with Gasteiger partial charge >= 0.3 is 0 Å². The molecule has 2 N–H and O–H groups in total. The second-order valence-electron chi connectivity index (χ2n) is 7.08. The number of nitrogens with zero attached hydrogens (tertiary/aromatic N) is 1. The smallest absolute Gasteiger partial charge is 0.240 e. The average Bonchev–Trinajstić information content (AvgIpc) is 2.88. The highest BCUT2D eigenvalue weighted by Gasteiger charge is 2.50. The largest absolute Gasteiger partial charge is 0.369 e. The number of aliphatic hydroxyl groups is 1. The number of benzene rings is 1. The number of carbonyl (C=O) groups excluding carboxylic acids is 2. The van der Waals surface area contributed by atoms with Gasteiger partial charge in [0.2, 0.25) is 5.91 Å². The van der Waals surface area contributed by atoms with Crippen molar-refractivity contribution in [2.24, 2.45) is 0 Å². The van der Waals surface area contributed by atoms with Crippen molar-refractivity contribution in [2.45, 2.75) is 31.4 Å². The van der Waals surface area contributed by atoms with E-state index in [4.69, 9.17) is 0 Å². The molecule has 0 fully saturated rings. The van der Waals surface area contributed by atoms with Crippen LogP contribution in [0.3, 0.4) is 0 Å². The van der Waals surface area contributed by atoms with Gasteiger partial charge in [-0.25, -0.2) is 0 Å². The lowest BCUT2D eigenvalue weighted by Crippen LogP contribution is -2.46. The molecule has 1 aliphatic carbocycles. The molecule has 2 aliphatic heterocycles. The van der Waals surface area contributed by atoms with Gasteiger partial charge in [-0.15, -0.1) is 0 Å². The van der Waals surface area contributed by atoms with Crippen LogP contribution in [0.5, 0.6) is 0 Å². The molecule has 2 aromatic rings. The number of allylic oxidation sites excluding steroid dienone is 1. The Kier molecular flexibility index (Phi) is 2.76. The lowest BCUT2D eigenvalue weighted by molar-refractivity contribution is -0.124. The van der Waals surface area contributed by atoms with Crippen molar-refractivity contribution >= 4 is 22.6 Å². The maximum atomic E-state index is 13.1. The predicted octanol–water partition coefficient (Wildman–Crippen LogP) is 1.90. The normalized spacial score (nSPS) is 27.1. The molecule has 126 valence electrons. The number of hydrogen-bond donors (Lipinski definition) is 2. The van der Waals surface area contributed by atoms with Crippen LogP contribution in [0.15, 0.2) is 47.6 Å². The number of hydrogen-bond acceptors (Lipinski definition) is 3. The number of ketones is 1. The maximum Gasteiger partial charge on any atom is 0.240 e. The van der Waals surface area contributed by atoms with Crippen molar-refractivity contribution in [2.75, 3.05) is 6.54 Å². The molecule has 0 unspecified atom stereocenters. The number of nitrogens with one attached hydrogen (secondary N) is 1. The highest BCUT2D eigenvalue weighted by molar-refractivity contribution is 6.02. The van der Waals surface area contributed by atoms with Gasteiger partial charge in [-0.1, -0.05) is 30.4 Å². The fourth-order valence-electron chi connectivity index (χ4n) is 4.60. The standard InChI is InChI=1S/C20H18N2O3/c1-11(23)12-8-13-10-20(9-12)17-15(6-7-21-19(20)25)14-4-2-3-5-16(14)22(17)18(13)24/h2-5,9-10,18,24H,6-8H2,1H3,(H,21,25)/t18-,20+/m0/s1. The van der Waals surface area contributed by atoms with Gasteiger partial charge in [-0.3, -0.25) is 9.59 Å². The number of fused-ring (bicyclic) bond motifs is 3. The summed E-state index contributed by atoms with van der Waals surface area (Å²) in [7, 11) is 0. The maximum absolute atomic E-state index is 13.1. The first-order valence-corrected chi connectivity index (χ1v) is 8.56. The Morgan fingerprint density at radius 3 is 2.92 bits per heavy atom. The van der Waals surface area contributed by atoms with Crippen LogP contribution in [-0.2, 0) is 21.4 Å². The molecular formula is C20H18N2O3. The average molecular weight is 334 g/mol. The monoisotopic (exact) mass is 334 g/mol. The quantitative estimate of drug-likeness (QED) is 0.783. The first kappa shape index (κ1) is 14.7. The zero-order chi connectivity index (χ0) is 17.3. The molecule has 0 radical (unpaired) electrons. The van der Waals surface area contributed by atoms with E-state index in [2.05, 4.69) is 5.32 Å². The second-order valence-corrected chi connectivity index (χ2v) is 7.08. The van der Waals surface area contributed by atoms with Crippen LogP contribution in [0, 0.1) is 0 Å². The minimum absolute atomic E-state index is 0.0552. The topological polar surface area (TPSA) is 71.3 Å². The molecule has 1 aromatic heterocycles. The van der Waals surface area contributed by atoms with Crippen molar-refractivity contribution < 1.29 is 14.7 Å². The summed E-state index contributed by atoms with van der Waals surface area (Å²) in [5.41, 5.74) is 3.10. The van der Waals surface area contributed by atoms with Crippen LogP contribution < -0.4 is 5.32 Å². The van der Waals surface area contributed by atoms with Gasteiger partial charge in [0, 0.05) is 24.0 Å². The summed E-state index contributed by atoms with van der Waals surface area (Å²) in [6.07, 6.45) is 3.90. The van der Waals surface area contributed by atoms with Gasteiger partial charge in [0.25, 0.3) is 0 Å². The molecule has 1 spiro atoms. The third-order valence-corrected chi connectivity index (χ3v) is 5.68. The van der Waals surface area contributed by atoms with Crippen LogP contribution in [0.2, 0.25) is 0 Å². The molecule has 25 heavy (non-hydrogen) atoms. The lowest BCUT2D eigenvalue weighted by Gasteiger charge is -2.39. The summed E-state index contributed by atoms with van der Waals surface area (Å²) >= 11 is 0. The van der Waals surface area contributed by atoms with Crippen LogP contribution >= 0.6 is 0 Å². The van der Waals surface area contributed by atoms with Gasteiger partial charge < -0.3 is 15.0 Å². The van der Waals surface area contributed by atoms with Crippen molar-refractivity contribution in [1.82, 2.24) is 9.88 Å². The van der Waals surface area contributed by atoms with E-state index < -0.39 is 11.6 Å². The zero-order valence-electron chi connectivity index (χ0n) is 13.9. The number of aromatic nitrogens is 1. The zero-order valence-corrected chi connectivity index (χ0v) is 13.9. The summed E-state index contributed by atoms with van der Waals surface area (Å²) in [4.78, 5) is 25.1. The van der Waals surface area contributed by atoms with E-state index in [9.17, 15) is 14.7 Å². The van der Waals surface area contributed by atoms with Gasteiger partial charge in [-0.2, -0.15) is 0 Å². The van der Waals surface area contributed by atoms with E-state index in [0.29, 0.717) is 30.5 Å². The minimum Gasteiger partial charge on any atom is -0.369 e. The third kappa shape index (κ3) is 1.71. The number of aliphatic hydroxyl groups excluding tert-OH is 1. The first-order chi connectivity index (χ1) is 12.0. The molecule has 1 aromatic carbocycles. The van der Waals surface area contributed by atoms with Crippen LogP contribution in [0.4, 0.5) is 0 Å². The third-order valence-electron chi connectivity index (χ3n) is 5.68. The number of carbonyl (C=O) groups is 2. The number of Topliss-reactive ketones (excluding diaryl/α,β-unsaturated/α-hetero) is 1. The molecule has 5 nitrogen and oxygen atoms in total. The molecule has 0 saturated carbocycles. The molecule has 5 rings (SSSR count). The van der Waals surface area contributed by atoms with E-state index >= 15 is 0 Å². The molecule has 3 heterocycles. The summed E-state index contributed by atoms with van der Waals surface area (Å²) < 4.78 is 1.89. The first-order valence-electron chi connectivity index (χ1n) is 8.56. The fourth-order valence-corrected chi connectivity index (χ4v) is 4.60. The van der Waals surface area contributed by atoms with E-state index in [1.54, 1.807) is 6.08 Å². The number of rotatable bonds is 1. The minimum atomic E-state index is -1.02. The van der Waals surface area contributed by atoms with E-state index in [1.807, 2.05) is 34.9 Å². The molecular weight excluding hydrogens is 316 g/mol.